The van der Waals surface area contributed by atoms with Gasteiger partial charge in [-0.25, -0.2) is 8.78 Å². The van der Waals surface area contributed by atoms with Gasteiger partial charge in [-0.3, -0.25) is 0 Å². The van der Waals surface area contributed by atoms with Crippen molar-refractivity contribution < 1.29 is 13.5 Å². The first-order valence-electron chi connectivity index (χ1n) is 7.00. The van der Waals surface area contributed by atoms with Crippen molar-refractivity contribution in [3.63, 3.8) is 0 Å². The van der Waals surface area contributed by atoms with Gasteiger partial charge in [0.25, 0.3) is 6.43 Å². The predicted octanol–water partition coefficient (Wildman–Crippen LogP) is 3.53. The SMILES string of the molecule is CC(C)(C)c1ccc(CC(N)CCOCC(F)F)cc1. The van der Waals surface area contributed by atoms with Crippen LogP contribution in [-0.2, 0) is 16.6 Å². The fraction of sp³-hybridized carbons (Fsp3) is 0.625. The van der Waals surface area contributed by atoms with Gasteiger partial charge in [0.05, 0.1) is 0 Å². The number of alkyl halides is 2. The van der Waals surface area contributed by atoms with E-state index in [1.165, 1.54) is 11.1 Å². The zero-order chi connectivity index (χ0) is 15.2. The van der Waals surface area contributed by atoms with Gasteiger partial charge in [-0.2, -0.15) is 0 Å². The summed E-state index contributed by atoms with van der Waals surface area (Å²) in [5, 5.41) is 0. The van der Waals surface area contributed by atoms with E-state index >= 15 is 0 Å². The maximum atomic E-state index is 11.9. The summed E-state index contributed by atoms with van der Waals surface area (Å²) in [5.41, 5.74) is 8.57. The zero-order valence-corrected chi connectivity index (χ0v) is 12.5. The molecular weight excluding hydrogens is 260 g/mol. The molecule has 0 fully saturated rings. The van der Waals surface area contributed by atoms with Crippen molar-refractivity contribution in [2.45, 2.75) is 51.5 Å². The van der Waals surface area contributed by atoms with Crippen LogP contribution in [0.3, 0.4) is 0 Å². The number of benzene rings is 1. The number of hydrogen-bond acceptors (Lipinski definition) is 2. The van der Waals surface area contributed by atoms with Gasteiger partial charge >= 0.3 is 0 Å². The first kappa shape index (κ1) is 17.1. The summed E-state index contributed by atoms with van der Waals surface area (Å²) >= 11 is 0. The van der Waals surface area contributed by atoms with Crippen LogP contribution in [0.15, 0.2) is 24.3 Å². The van der Waals surface area contributed by atoms with Gasteiger partial charge in [0.15, 0.2) is 0 Å². The second kappa shape index (κ2) is 7.70. The molecule has 1 rings (SSSR count). The Kier molecular flexibility index (Phi) is 6.56. The Morgan fingerprint density at radius 3 is 2.25 bits per heavy atom. The van der Waals surface area contributed by atoms with Crippen molar-refractivity contribution >= 4 is 0 Å². The zero-order valence-electron chi connectivity index (χ0n) is 12.5. The second-order valence-electron chi connectivity index (χ2n) is 6.17. The largest absolute Gasteiger partial charge is 0.375 e. The van der Waals surface area contributed by atoms with E-state index in [2.05, 4.69) is 45.0 Å². The number of ether oxygens (including phenoxy) is 1. The van der Waals surface area contributed by atoms with Crippen LogP contribution in [0.1, 0.15) is 38.3 Å². The molecule has 0 bridgehead atoms. The topological polar surface area (TPSA) is 35.2 Å². The molecule has 1 aromatic carbocycles. The first-order valence-corrected chi connectivity index (χ1v) is 7.00. The highest BCUT2D eigenvalue weighted by Gasteiger charge is 2.13. The van der Waals surface area contributed by atoms with Crippen LogP contribution in [0.2, 0.25) is 0 Å². The summed E-state index contributed by atoms with van der Waals surface area (Å²) in [6.07, 6.45) is -1.08. The van der Waals surface area contributed by atoms with E-state index < -0.39 is 13.0 Å². The molecular formula is C16H25F2NO. The maximum Gasteiger partial charge on any atom is 0.261 e. The molecule has 1 unspecified atom stereocenters. The van der Waals surface area contributed by atoms with Crippen LogP contribution in [0.4, 0.5) is 8.78 Å². The van der Waals surface area contributed by atoms with Crippen LogP contribution >= 0.6 is 0 Å². The highest BCUT2D eigenvalue weighted by atomic mass is 19.3. The molecule has 1 atom stereocenters. The smallest absolute Gasteiger partial charge is 0.261 e. The maximum absolute atomic E-state index is 11.9. The van der Waals surface area contributed by atoms with Crippen LogP contribution in [0.25, 0.3) is 0 Å². The molecule has 0 radical (unpaired) electrons. The average molecular weight is 285 g/mol. The van der Waals surface area contributed by atoms with Crippen molar-refractivity contribution in [3.8, 4) is 0 Å². The van der Waals surface area contributed by atoms with Gasteiger partial charge in [0.2, 0.25) is 0 Å². The molecule has 0 saturated heterocycles. The van der Waals surface area contributed by atoms with Gasteiger partial charge in [-0.05, 0) is 29.4 Å². The fourth-order valence-corrected chi connectivity index (χ4v) is 1.95. The Morgan fingerprint density at radius 2 is 1.75 bits per heavy atom. The first-order chi connectivity index (χ1) is 9.29. The Bertz CT molecular complexity index is 384. The second-order valence-corrected chi connectivity index (χ2v) is 6.17. The van der Waals surface area contributed by atoms with E-state index in [0.717, 1.165) is 6.42 Å². The summed E-state index contributed by atoms with van der Waals surface area (Å²) in [5.74, 6) is 0. The molecule has 0 aliphatic carbocycles. The third kappa shape index (κ3) is 6.44. The number of halogens is 2. The quantitative estimate of drug-likeness (QED) is 0.778. The standard InChI is InChI=1S/C16H25F2NO/c1-16(2,3)13-6-4-12(5-7-13)10-14(19)8-9-20-11-15(17)18/h4-7,14-15H,8-11,19H2,1-3H3. The normalized spacial score (nSPS) is 13.8. The molecule has 114 valence electrons. The Balaban J connectivity index is 2.37. The van der Waals surface area contributed by atoms with Crippen molar-refractivity contribution in [2.24, 2.45) is 5.73 Å². The van der Waals surface area contributed by atoms with Gasteiger partial charge in [-0.15, -0.1) is 0 Å². The van der Waals surface area contributed by atoms with Crippen LogP contribution in [0.5, 0.6) is 0 Å². The molecule has 2 N–H and O–H groups in total. The van der Waals surface area contributed by atoms with E-state index in [-0.39, 0.29) is 18.1 Å². The number of nitrogens with two attached hydrogens (primary N) is 1. The molecule has 0 aromatic heterocycles. The predicted molar refractivity (Wildman–Crippen MR) is 78.3 cm³/mol. The Morgan fingerprint density at radius 1 is 1.15 bits per heavy atom. The van der Waals surface area contributed by atoms with Crippen LogP contribution in [0, 0.1) is 0 Å². The highest BCUT2D eigenvalue weighted by molar-refractivity contribution is 5.27. The van der Waals surface area contributed by atoms with Gasteiger partial charge in [0, 0.05) is 12.6 Å². The Labute approximate surface area is 120 Å². The lowest BCUT2D eigenvalue weighted by Gasteiger charge is -2.19. The van der Waals surface area contributed by atoms with Crippen molar-refractivity contribution in [3.05, 3.63) is 35.4 Å². The molecule has 0 amide bonds. The summed E-state index contributed by atoms with van der Waals surface area (Å²) in [7, 11) is 0. The number of hydrogen-bond donors (Lipinski definition) is 1. The molecule has 2 nitrogen and oxygen atoms in total. The van der Waals surface area contributed by atoms with Crippen molar-refractivity contribution in [1.29, 1.82) is 0 Å². The van der Waals surface area contributed by atoms with Gasteiger partial charge in [-0.1, -0.05) is 45.0 Å². The van der Waals surface area contributed by atoms with E-state index in [9.17, 15) is 8.78 Å². The lowest BCUT2D eigenvalue weighted by molar-refractivity contribution is 0.0153. The molecule has 4 heteroatoms. The third-order valence-electron chi connectivity index (χ3n) is 3.19. The van der Waals surface area contributed by atoms with E-state index in [1.54, 1.807) is 0 Å². The van der Waals surface area contributed by atoms with Crippen LogP contribution < -0.4 is 5.73 Å². The molecule has 20 heavy (non-hydrogen) atoms. The minimum absolute atomic E-state index is 0.0619. The fourth-order valence-electron chi connectivity index (χ4n) is 1.95. The van der Waals surface area contributed by atoms with Crippen molar-refractivity contribution in [2.75, 3.05) is 13.2 Å². The molecule has 0 aliphatic heterocycles. The van der Waals surface area contributed by atoms with E-state index in [4.69, 9.17) is 10.5 Å². The summed E-state index contributed by atoms with van der Waals surface area (Å²) in [6, 6.07) is 8.35. The average Bonchev–Trinajstić information content (AvgIpc) is 2.34. The number of rotatable bonds is 7. The van der Waals surface area contributed by atoms with E-state index in [1.807, 2.05) is 0 Å². The lowest BCUT2D eigenvalue weighted by atomic mass is 9.86. The monoisotopic (exact) mass is 285 g/mol. The summed E-state index contributed by atoms with van der Waals surface area (Å²) in [4.78, 5) is 0. The molecule has 1 aromatic rings. The van der Waals surface area contributed by atoms with Gasteiger partial charge in [0.1, 0.15) is 6.61 Å². The Hall–Kier alpha value is -1.00. The lowest BCUT2D eigenvalue weighted by Crippen LogP contribution is -2.25. The van der Waals surface area contributed by atoms with Gasteiger partial charge < -0.3 is 10.5 Å². The minimum Gasteiger partial charge on any atom is -0.375 e. The molecule has 0 heterocycles. The molecule has 0 aliphatic rings. The summed E-state index contributed by atoms with van der Waals surface area (Å²) in [6.45, 7) is 6.30. The summed E-state index contributed by atoms with van der Waals surface area (Å²) < 4.78 is 28.6. The minimum atomic E-state index is -2.41. The molecule has 0 saturated carbocycles. The van der Waals surface area contributed by atoms with Crippen LogP contribution in [-0.4, -0.2) is 25.7 Å². The van der Waals surface area contributed by atoms with E-state index in [0.29, 0.717) is 6.42 Å². The highest BCUT2D eigenvalue weighted by Crippen LogP contribution is 2.22. The molecule has 0 spiro atoms. The third-order valence-corrected chi connectivity index (χ3v) is 3.19. The van der Waals surface area contributed by atoms with Crippen molar-refractivity contribution in [1.82, 2.24) is 0 Å².